The summed E-state index contributed by atoms with van der Waals surface area (Å²) < 4.78 is 5.94. The van der Waals surface area contributed by atoms with E-state index in [1.165, 1.54) is 64.3 Å². The third kappa shape index (κ3) is 3.55. The van der Waals surface area contributed by atoms with Gasteiger partial charge < -0.3 is 9.84 Å². The van der Waals surface area contributed by atoms with Gasteiger partial charge >= 0.3 is 0 Å². The van der Waals surface area contributed by atoms with E-state index < -0.39 is 0 Å². The van der Waals surface area contributed by atoms with Gasteiger partial charge in [0.1, 0.15) is 0 Å². The van der Waals surface area contributed by atoms with E-state index in [4.69, 9.17) is 4.74 Å². The summed E-state index contributed by atoms with van der Waals surface area (Å²) in [6.07, 6.45) is 12.9. The van der Waals surface area contributed by atoms with Crippen molar-refractivity contribution in [1.29, 1.82) is 0 Å². The Labute approximate surface area is 123 Å². The Morgan fingerprint density at radius 2 is 1.70 bits per heavy atom. The highest BCUT2D eigenvalue weighted by Gasteiger charge is 2.36. The molecule has 0 radical (unpaired) electrons. The van der Waals surface area contributed by atoms with Gasteiger partial charge in [0.15, 0.2) is 0 Å². The summed E-state index contributed by atoms with van der Waals surface area (Å²) in [4.78, 5) is 2.67. The molecule has 0 spiro atoms. The van der Waals surface area contributed by atoms with Crippen molar-refractivity contribution in [2.24, 2.45) is 5.92 Å². The van der Waals surface area contributed by atoms with Crippen LogP contribution in [0.1, 0.15) is 64.2 Å². The van der Waals surface area contributed by atoms with E-state index >= 15 is 0 Å². The minimum atomic E-state index is -0.0541. The van der Waals surface area contributed by atoms with Gasteiger partial charge in [-0.25, -0.2) is 0 Å². The molecule has 3 heteroatoms. The van der Waals surface area contributed by atoms with Crippen LogP contribution in [-0.2, 0) is 4.74 Å². The third-order valence-electron chi connectivity index (χ3n) is 5.65. The van der Waals surface area contributed by atoms with Crippen LogP contribution in [-0.4, -0.2) is 48.0 Å². The molecule has 3 aliphatic rings. The van der Waals surface area contributed by atoms with Crippen LogP contribution in [0.4, 0.5) is 0 Å². The lowest BCUT2D eigenvalue weighted by molar-refractivity contribution is -0.0485. The predicted molar refractivity (Wildman–Crippen MR) is 80.8 cm³/mol. The topological polar surface area (TPSA) is 32.7 Å². The maximum atomic E-state index is 10.4. The highest BCUT2D eigenvalue weighted by molar-refractivity contribution is 4.90. The fourth-order valence-electron chi connectivity index (χ4n) is 4.53. The van der Waals surface area contributed by atoms with Gasteiger partial charge in [-0.05, 0) is 51.5 Å². The molecule has 116 valence electrons. The second-order valence-electron chi connectivity index (χ2n) is 7.06. The summed E-state index contributed by atoms with van der Waals surface area (Å²) in [5, 5.41) is 10.4. The zero-order valence-corrected chi connectivity index (χ0v) is 12.8. The largest absolute Gasteiger partial charge is 0.393 e. The van der Waals surface area contributed by atoms with Gasteiger partial charge in [0.2, 0.25) is 0 Å². The zero-order valence-electron chi connectivity index (χ0n) is 12.8. The molecule has 1 aliphatic carbocycles. The van der Waals surface area contributed by atoms with E-state index in [0.29, 0.717) is 18.1 Å². The van der Waals surface area contributed by atoms with Crippen LogP contribution >= 0.6 is 0 Å². The van der Waals surface area contributed by atoms with Crippen molar-refractivity contribution in [2.45, 2.75) is 82.5 Å². The Balaban J connectivity index is 1.60. The van der Waals surface area contributed by atoms with E-state index in [-0.39, 0.29) is 6.10 Å². The van der Waals surface area contributed by atoms with Crippen LogP contribution < -0.4 is 0 Å². The first kappa shape index (κ1) is 14.8. The lowest BCUT2D eigenvalue weighted by Gasteiger charge is -2.45. The number of nitrogens with zero attached hydrogens (tertiary/aromatic N) is 1. The Bertz CT molecular complexity index is 291. The van der Waals surface area contributed by atoms with Crippen molar-refractivity contribution in [3.05, 3.63) is 0 Å². The number of rotatable bonds is 3. The number of hydrogen-bond acceptors (Lipinski definition) is 3. The number of aliphatic hydroxyl groups is 1. The fourth-order valence-corrected chi connectivity index (χ4v) is 4.53. The molecule has 2 saturated heterocycles. The van der Waals surface area contributed by atoms with Crippen molar-refractivity contribution in [2.75, 3.05) is 19.7 Å². The summed E-state index contributed by atoms with van der Waals surface area (Å²) >= 11 is 0. The number of likely N-dealkylation sites (tertiary alicyclic amines) is 1. The molecule has 0 aromatic rings. The molecular formula is C17H31NO2. The molecule has 3 fully saturated rings. The standard InChI is InChI=1S/C17H31NO2/c19-17-10-2-1-8-15(17)16-9-3-5-11-18(16)13-14-7-4-6-12-20-14/h14-17,19H,1-13H2. The Morgan fingerprint density at radius 1 is 0.900 bits per heavy atom. The molecule has 0 bridgehead atoms. The zero-order chi connectivity index (χ0) is 13.8. The van der Waals surface area contributed by atoms with E-state index in [2.05, 4.69) is 4.90 Å². The average molecular weight is 281 g/mol. The van der Waals surface area contributed by atoms with Crippen LogP contribution in [0.3, 0.4) is 0 Å². The van der Waals surface area contributed by atoms with E-state index in [9.17, 15) is 5.11 Å². The fraction of sp³-hybridized carbons (Fsp3) is 1.00. The molecular weight excluding hydrogens is 250 g/mol. The highest BCUT2D eigenvalue weighted by Crippen LogP contribution is 2.34. The van der Waals surface area contributed by atoms with Gasteiger partial charge in [-0.3, -0.25) is 4.90 Å². The van der Waals surface area contributed by atoms with Gasteiger partial charge in [0.05, 0.1) is 12.2 Å². The Kier molecular flexibility index (Phi) is 5.36. The molecule has 3 nitrogen and oxygen atoms in total. The van der Waals surface area contributed by atoms with Crippen LogP contribution in [0.5, 0.6) is 0 Å². The van der Waals surface area contributed by atoms with E-state index in [1.54, 1.807) is 0 Å². The smallest absolute Gasteiger partial charge is 0.0702 e. The second kappa shape index (κ2) is 7.24. The normalized spacial score (nSPS) is 40.6. The second-order valence-corrected chi connectivity index (χ2v) is 7.06. The van der Waals surface area contributed by atoms with E-state index in [1.807, 2.05) is 0 Å². The molecule has 1 saturated carbocycles. The first-order valence-electron chi connectivity index (χ1n) is 8.88. The quantitative estimate of drug-likeness (QED) is 0.863. The van der Waals surface area contributed by atoms with Gasteiger partial charge in [-0.2, -0.15) is 0 Å². The average Bonchev–Trinajstić information content (AvgIpc) is 2.50. The van der Waals surface area contributed by atoms with Gasteiger partial charge in [-0.1, -0.05) is 19.3 Å². The third-order valence-corrected chi connectivity index (χ3v) is 5.65. The van der Waals surface area contributed by atoms with Gasteiger partial charge in [-0.15, -0.1) is 0 Å². The molecule has 3 rings (SSSR count). The van der Waals surface area contributed by atoms with Crippen molar-refractivity contribution in [3.8, 4) is 0 Å². The van der Waals surface area contributed by atoms with Crippen molar-refractivity contribution < 1.29 is 9.84 Å². The molecule has 0 aromatic carbocycles. The van der Waals surface area contributed by atoms with Crippen LogP contribution in [0.15, 0.2) is 0 Å². The lowest BCUT2D eigenvalue weighted by atomic mass is 9.78. The molecule has 0 amide bonds. The Morgan fingerprint density at radius 3 is 2.50 bits per heavy atom. The van der Waals surface area contributed by atoms with Gasteiger partial charge in [0.25, 0.3) is 0 Å². The van der Waals surface area contributed by atoms with Gasteiger partial charge in [0, 0.05) is 25.1 Å². The molecule has 2 aliphatic heterocycles. The minimum absolute atomic E-state index is 0.0541. The monoisotopic (exact) mass is 281 g/mol. The Hall–Kier alpha value is -0.120. The number of piperidine rings is 1. The maximum Gasteiger partial charge on any atom is 0.0702 e. The highest BCUT2D eigenvalue weighted by atomic mass is 16.5. The van der Waals surface area contributed by atoms with Crippen LogP contribution in [0.2, 0.25) is 0 Å². The molecule has 4 unspecified atom stereocenters. The van der Waals surface area contributed by atoms with Crippen molar-refractivity contribution in [3.63, 3.8) is 0 Å². The maximum absolute atomic E-state index is 10.4. The van der Waals surface area contributed by atoms with E-state index in [0.717, 1.165) is 19.6 Å². The number of hydrogen-bond donors (Lipinski definition) is 1. The predicted octanol–water partition coefficient (Wildman–Crippen LogP) is 2.96. The minimum Gasteiger partial charge on any atom is -0.393 e. The summed E-state index contributed by atoms with van der Waals surface area (Å²) in [5.41, 5.74) is 0. The first-order valence-corrected chi connectivity index (χ1v) is 8.88. The van der Waals surface area contributed by atoms with Crippen LogP contribution in [0.25, 0.3) is 0 Å². The number of ether oxygens (including phenoxy) is 1. The summed E-state index contributed by atoms with van der Waals surface area (Å²) in [7, 11) is 0. The van der Waals surface area contributed by atoms with Crippen LogP contribution in [0, 0.1) is 5.92 Å². The lowest BCUT2D eigenvalue weighted by Crippen LogP contribution is -2.51. The molecule has 20 heavy (non-hydrogen) atoms. The summed E-state index contributed by atoms with van der Waals surface area (Å²) in [6.45, 7) is 3.27. The summed E-state index contributed by atoms with van der Waals surface area (Å²) in [6, 6.07) is 0.615. The molecule has 0 aromatic heterocycles. The molecule has 1 N–H and O–H groups in total. The first-order chi connectivity index (χ1) is 9.84. The van der Waals surface area contributed by atoms with Crippen molar-refractivity contribution in [1.82, 2.24) is 4.90 Å². The van der Waals surface area contributed by atoms with Crippen molar-refractivity contribution >= 4 is 0 Å². The molecule has 4 atom stereocenters. The summed E-state index contributed by atoms with van der Waals surface area (Å²) in [5.74, 6) is 0.521. The SMILES string of the molecule is OC1CCCCC1C1CCCCN1CC1CCCCO1. The number of aliphatic hydroxyl groups excluding tert-OH is 1. The molecule has 2 heterocycles.